The lowest BCUT2D eigenvalue weighted by Gasteiger charge is -2.19. The summed E-state index contributed by atoms with van der Waals surface area (Å²) in [6, 6.07) is 12.7. The first-order valence-corrected chi connectivity index (χ1v) is 14.8. The SMILES string of the molecule is COc1ccc(Cl)c(Oc2c(COCCOC(=O)Oc3ccoc3)ncnc2NS(=O)(=O)c2ccc(C(C)(C)C)cc2)c1. The number of halogens is 1. The number of benzene rings is 2. The summed E-state index contributed by atoms with van der Waals surface area (Å²) in [4.78, 5) is 20.2. The standard InChI is InChI=1S/C29H30ClN3O9S/c1-29(2,3)19-5-8-22(9-6-19)43(35,36)33-27-26(42-25-15-20(37-4)7-10-23(25)30)24(31-18-32-27)17-39-13-14-40-28(34)41-21-11-12-38-16-21/h5-12,15-16,18H,13-14,17H2,1-4H3,(H,31,32,33). The van der Waals surface area contributed by atoms with Gasteiger partial charge in [-0.3, -0.25) is 4.72 Å². The highest BCUT2D eigenvalue weighted by Gasteiger charge is 2.23. The van der Waals surface area contributed by atoms with Gasteiger partial charge in [0.1, 0.15) is 36.4 Å². The van der Waals surface area contributed by atoms with Gasteiger partial charge in [-0.25, -0.2) is 23.2 Å². The Kier molecular flexibility index (Phi) is 10.1. The highest BCUT2D eigenvalue weighted by molar-refractivity contribution is 7.92. The summed E-state index contributed by atoms with van der Waals surface area (Å²) in [5, 5.41) is 0.229. The number of sulfonamides is 1. The molecule has 228 valence electrons. The Bertz CT molecular complexity index is 1640. The predicted octanol–water partition coefficient (Wildman–Crippen LogP) is 6.35. The molecule has 0 saturated heterocycles. The Balaban J connectivity index is 1.53. The second-order valence-corrected chi connectivity index (χ2v) is 12.1. The first-order valence-electron chi connectivity index (χ1n) is 12.9. The first kappa shape index (κ1) is 31.6. The molecule has 0 spiro atoms. The fraction of sp³-hybridized carbons (Fsp3) is 0.276. The van der Waals surface area contributed by atoms with E-state index in [1.54, 1.807) is 24.3 Å². The summed E-state index contributed by atoms with van der Waals surface area (Å²) in [5.41, 5.74) is 1.01. The van der Waals surface area contributed by atoms with Crippen molar-refractivity contribution in [2.24, 2.45) is 0 Å². The minimum absolute atomic E-state index is 0.0294. The van der Waals surface area contributed by atoms with E-state index in [1.807, 2.05) is 20.8 Å². The van der Waals surface area contributed by atoms with E-state index in [2.05, 4.69) is 14.7 Å². The van der Waals surface area contributed by atoms with Crippen LogP contribution in [0, 0.1) is 0 Å². The first-order chi connectivity index (χ1) is 20.5. The van der Waals surface area contributed by atoms with Crippen molar-refractivity contribution in [3.8, 4) is 23.0 Å². The van der Waals surface area contributed by atoms with Crippen LogP contribution in [0.15, 0.2) is 76.7 Å². The number of nitrogens with one attached hydrogen (secondary N) is 1. The van der Waals surface area contributed by atoms with Crippen LogP contribution in [0.5, 0.6) is 23.0 Å². The van der Waals surface area contributed by atoms with E-state index in [9.17, 15) is 13.2 Å². The van der Waals surface area contributed by atoms with Crippen LogP contribution in [0.25, 0.3) is 0 Å². The number of anilines is 1. The summed E-state index contributed by atoms with van der Waals surface area (Å²) in [7, 11) is -2.61. The number of carbonyl (C=O) groups excluding carboxylic acids is 1. The van der Waals surface area contributed by atoms with Crippen molar-refractivity contribution in [1.29, 1.82) is 0 Å². The molecule has 0 bridgehead atoms. The van der Waals surface area contributed by atoms with Gasteiger partial charge in [0.25, 0.3) is 10.0 Å². The summed E-state index contributed by atoms with van der Waals surface area (Å²) >= 11 is 6.36. The largest absolute Gasteiger partial charge is 0.514 e. The number of rotatable bonds is 12. The van der Waals surface area contributed by atoms with Crippen molar-refractivity contribution < 1.29 is 41.3 Å². The topological polar surface area (TPSA) is 148 Å². The summed E-state index contributed by atoms with van der Waals surface area (Å²) in [6.45, 7) is 5.77. The fourth-order valence-corrected chi connectivity index (χ4v) is 4.77. The Hall–Kier alpha value is -4.33. The van der Waals surface area contributed by atoms with Crippen LogP contribution in [0.4, 0.5) is 10.6 Å². The number of ether oxygens (including phenoxy) is 5. The average Bonchev–Trinajstić information content (AvgIpc) is 3.47. The highest BCUT2D eigenvalue weighted by atomic mass is 35.5. The molecule has 2 heterocycles. The maximum absolute atomic E-state index is 13.4. The Morgan fingerprint density at radius 3 is 2.47 bits per heavy atom. The molecule has 0 aliphatic rings. The third-order valence-corrected chi connectivity index (χ3v) is 7.54. The number of methoxy groups -OCH3 is 1. The molecule has 4 rings (SSSR count). The molecule has 0 unspecified atom stereocenters. The zero-order valence-electron chi connectivity index (χ0n) is 23.8. The van der Waals surface area contributed by atoms with Gasteiger partial charge in [0, 0.05) is 12.1 Å². The normalized spacial score (nSPS) is 11.6. The monoisotopic (exact) mass is 631 g/mol. The predicted molar refractivity (Wildman–Crippen MR) is 156 cm³/mol. The van der Waals surface area contributed by atoms with Crippen molar-refractivity contribution in [3.05, 3.63) is 83.7 Å². The van der Waals surface area contributed by atoms with Crippen LogP contribution < -0.4 is 18.9 Å². The molecule has 0 aliphatic carbocycles. The highest BCUT2D eigenvalue weighted by Crippen LogP contribution is 2.37. The molecular weight excluding hydrogens is 602 g/mol. The van der Waals surface area contributed by atoms with Crippen LogP contribution in [0.2, 0.25) is 5.02 Å². The van der Waals surface area contributed by atoms with E-state index in [4.69, 9.17) is 39.7 Å². The number of nitrogens with zero attached hydrogens (tertiary/aromatic N) is 2. The third-order valence-electron chi connectivity index (χ3n) is 5.87. The Morgan fingerprint density at radius 1 is 1.02 bits per heavy atom. The second-order valence-electron chi connectivity index (χ2n) is 9.99. The smallest absolute Gasteiger partial charge is 0.497 e. The van der Waals surface area contributed by atoms with Crippen molar-refractivity contribution in [3.63, 3.8) is 0 Å². The number of carbonyl (C=O) groups is 1. The van der Waals surface area contributed by atoms with E-state index in [-0.39, 0.29) is 63.9 Å². The third kappa shape index (κ3) is 8.60. The molecule has 43 heavy (non-hydrogen) atoms. The van der Waals surface area contributed by atoms with E-state index >= 15 is 0 Å². The van der Waals surface area contributed by atoms with Gasteiger partial charge < -0.3 is 28.1 Å². The maximum atomic E-state index is 13.4. The van der Waals surface area contributed by atoms with E-state index < -0.39 is 16.2 Å². The molecule has 12 nitrogen and oxygen atoms in total. The van der Waals surface area contributed by atoms with E-state index in [1.165, 1.54) is 43.9 Å². The Morgan fingerprint density at radius 2 is 1.79 bits per heavy atom. The van der Waals surface area contributed by atoms with Crippen molar-refractivity contribution in [2.75, 3.05) is 25.0 Å². The Labute approximate surface area is 253 Å². The molecule has 2 aromatic carbocycles. The van der Waals surface area contributed by atoms with Crippen LogP contribution in [-0.2, 0) is 31.5 Å². The van der Waals surface area contributed by atoms with Gasteiger partial charge in [-0.15, -0.1) is 0 Å². The van der Waals surface area contributed by atoms with Crippen LogP contribution in [0.1, 0.15) is 32.0 Å². The quantitative estimate of drug-likeness (QED) is 0.138. The molecule has 1 N–H and O–H groups in total. The molecule has 14 heteroatoms. The lowest BCUT2D eigenvalue weighted by molar-refractivity contribution is 0.0447. The van der Waals surface area contributed by atoms with Crippen LogP contribution in [-0.4, -0.2) is 44.9 Å². The molecular formula is C29H30ClN3O9S. The number of hydrogen-bond donors (Lipinski definition) is 1. The summed E-state index contributed by atoms with van der Waals surface area (Å²) in [6.07, 6.45) is 2.83. The minimum atomic E-state index is -4.09. The second kappa shape index (κ2) is 13.8. The molecule has 0 atom stereocenters. The molecule has 0 saturated carbocycles. The van der Waals surface area contributed by atoms with Gasteiger partial charge in [0.15, 0.2) is 17.3 Å². The maximum Gasteiger partial charge on any atom is 0.514 e. The van der Waals surface area contributed by atoms with Crippen LogP contribution >= 0.6 is 11.6 Å². The zero-order valence-corrected chi connectivity index (χ0v) is 25.4. The summed E-state index contributed by atoms with van der Waals surface area (Å²) < 4.78 is 60.8. The number of aromatic nitrogens is 2. The lowest BCUT2D eigenvalue weighted by Crippen LogP contribution is -2.17. The van der Waals surface area contributed by atoms with Crippen molar-refractivity contribution >= 4 is 33.6 Å². The van der Waals surface area contributed by atoms with E-state index in [0.29, 0.717) is 5.75 Å². The van der Waals surface area contributed by atoms with E-state index in [0.717, 1.165) is 11.9 Å². The molecule has 0 amide bonds. The average molecular weight is 632 g/mol. The fourth-order valence-electron chi connectivity index (χ4n) is 3.60. The molecule has 4 aromatic rings. The minimum Gasteiger partial charge on any atom is -0.497 e. The van der Waals surface area contributed by atoms with Gasteiger partial charge in [0.05, 0.1) is 36.5 Å². The molecule has 0 radical (unpaired) electrons. The number of hydrogen-bond acceptors (Lipinski definition) is 11. The number of furan rings is 1. The van der Waals surface area contributed by atoms with Gasteiger partial charge in [-0.2, -0.15) is 0 Å². The zero-order chi connectivity index (χ0) is 31.0. The van der Waals surface area contributed by atoms with Gasteiger partial charge in [-0.05, 0) is 35.2 Å². The lowest BCUT2D eigenvalue weighted by atomic mass is 9.87. The van der Waals surface area contributed by atoms with Gasteiger partial charge >= 0.3 is 6.16 Å². The molecule has 0 aliphatic heterocycles. The van der Waals surface area contributed by atoms with Crippen molar-refractivity contribution in [2.45, 2.75) is 37.7 Å². The van der Waals surface area contributed by atoms with Crippen LogP contribution in [0.3, 0.4) is 0 Å². The van der Waals surface area contributed by atoms with Gasteiger partial charge in [0.2, 0.25) is 0 Å². The molecule has 2 aromatic heterocycles. The van der Waals surface area contributed by atoms with Gasteiger partial charge in [-0.1, -0.05) is 44.5 Å². The summed E-state index contributed by atoms with van der Waals surface area (Å²) in [5.74, 6) is 0.622. The molecule has 0 fully saturated rings. The van der Waals surface area contributed by atoms with Crippen molar-refractivity contribution in [1.82, 2.24) is 9.97 Å².